The van der Waals surface area contributed by atoms with Crippen molar-refractivity contribution in [2.75, 3.05) is 62.4 Å². The van der Waals surface area contributed by atoms with Crippen LogP contribution in [0.3, 0.4) is 0 Å². The number of aliphatic hydroxyl groups excluding tert-OH is 1. The molecule has 11 nitrogen and oxygen atoms in total. The molecule has 0 amide bonds. The zero-order valence-electron chi connectivity index (χ0n) is 28.9. The normalized spacial score (nSPS) is 16.2. The summed E-state index contributed by atoms with van der Waals surface area (Å²) in [5.74, 6) is -0.611. The maximum absolute atomic E-state index is 12.5. The number of nitrogens with zero attached hydrogens (tertiary/aromatic N) is 6. The van der Waals surface area contributed by atoms with Crippen molar-refractivity contribution in [3.63, 3.8) is 0 Å². The Bertz CT molecular complexity index is 2310. The van der Waals surface area contributed by atoms with Crippen molar-refractivity contribution in [3.05, 3.63) is 107 Å². The molecule has 6 aromatic rings. The number of aromatic nitrogens is 4. The van der Waals surface area contributed by atoms with E-state index in [1.807, 2.05) is 48.8 Å². The number of esters is 1. The first-order chi connectivity index (χ1) is 25.8. The second-order valence-corrected chi connectivity index (χ2v) is 13.7. The first-order valence-electron chi connectivity index (χ1n) is 17.4. The van der Waals surface area contributed by atoms with E-state index in [1.54, 1.807) is 24.5 Å². The van der Waals surface area contributed by atoms with Crippen molar-refractivity contribution >= 4 is 62.4 Å². The Kier molecular flexibility index (Phi) is 10.1. The molecule has 2 aliphatic heterocycles. The second-order valence-electron chi connectivity index (χ2n) is 13.0. The molecule has 0 aliphatic carbocycles. The lowest BCUT2D eigenvalue weighted by atomic mass is 9.95. The third-order valence-corrected chi connectivity index (χ3v) is 10.4. The summed E-state index contributed by atoms with van der Waals surface area (Å²) in [5, 5.41) is 14.1. The van der Waals surface area contributed by atoms with Crippen LogP contribution in [0.1, 0.15) is 30.3 Å². The van der Waals surface area contributed by atoms with E-state index in [2.05, 4.69) is 41.9 Å². The summed E-state index contributed by atoms with van der Waals surface area (Å²) in [6.45, 7) is 7.05. The van der Waals surface area contributed by atoms with Gasteiger partial charge in [-0.3, -0.25) is 14.8 Å². The van der Waals surface area contributed by atoms with Crippen molar-refractivity contribution in [2.45, 2.75) is 19.1 Å². The zero-order valence-corrected chi connectivity index (χ0v) is 30.4. The molecule has 0 bridgehead atoms. The molecular formula is C40H36Cl2N6O5. The Labute approximate surface area is 316 Å². The van der Waals surface area contributed by atoms with Crippen LogP contribution in [0.2, 0.25) is 10.3 Å². The second kappa shape index (κ2) is 15.2. The fourth-order valence-corrected chi connectivity index (χ4v) is 7.50. The number of rotatable bonds is 8. The number of ether oxygens (including phenoxy) is 3. The molecule has 0 spiro atoms. The van der Waals surface area contributed by atoms with Crippen LogP contribution in [0.25, 0.3) is 44.1 Å². The van der Waals surface area contributed by atoms with Gasteiger partial charge in [0.1, 0.15) is 16.4 Å². The van der Waals surface area contributed by atoms with E-state index in [9.17, 15) is 9.90 Å². The lowest BCUT2D eigenvalue weighted by Crippen LogP contribution is -2.36. The molecule has 6 heterocycles. The van der Waals surface area contributed by atoms with E-state index in [0.717, 1.165) is 70.5 Å². The molecule has 0 radical (unpaired) electrons. The summed E-state index contributed by atoms with van der Waals surface area (Å²) in [4.78, 5) is 35.2. The van der Waals surface area contributed by atoms with Gasteiger partial charge in [0.05, 0.1) is 37.5 Å². The predicted octanol–water partition coefficient (Wildman–Crippen LogP) is 7.22. The first kappa shape index (κ1) is 35.1. The lowest BCUT2D eigenvalue weighted by molar-refractivity contribution is -0.153. The SMILES string of the molecule is CC(=O)OC(c1cc(-c2ccc3nccc(N4CCOCC4)c3c2)cnc1Cl)C(O)c1cc(-c2ccc3nccc(N4CCOCC4)c3c2)cnc1Cl. The van der Waals surface area contributed by atoms with E-state index < -0.39 is 18.2 Å². The van der Waals surface area contributed by atoms with E-state index in [4.69, 9.17) is 37.4 Å². The molecular weight excluding hydrogens is 715 g/mol. The summed E-state index contributed by atoms with van der Waals surface area (Å²) >= 11 is 13.4. The minimum Gasteiger partial charge on any atom is -0.454 e. The highest BCUT2D eigenvalue weighted by Gasteiger charge is 2.31. The summed E-state index contributed by atoms with van der Waals surface area (Å²) < 4.78 is 16.9. The fraction of sp³-hybridized carbons (Fsp3) is 0.275. The van der Waals surface area contributed by atoms with E-state index >= 15 is 0 Å². The van der Waals surface area contributed by atoms with Crippen LogP contribution in [-0.2, 0) is 19.0 Å². The lowest BCUT2D eigenvalue weighted by Gasteiger charge is -2.29. The van der Waals surface area contributed by atoms with Crippen LogP contribution in [0.5, 0.6) is 0 Å². The Hall–Kier alpha value is -4.91. The highest BCUT2D eigenvalue weighted by Crippen LogP contribution is 2.41. The highest BCUT2D eigenvalue weighted by molar-refractivity contribution is 6.30. The Balaban J connectivity index is 1.15. The number of carbonyl (C=O) groups excluding carboxylic acids is 1. The minimum atomic E-state index is -1.44. The van der Waals surface area contributed by atoms with Gasteiger partial charge in [0.25, 0.3) is 0 Å². The number of fused-ring (bicyclic) bond motifs is 2. The summed E-state index contributed by atoms with van der Waals surface area (Å²) in [6, 6.07) is 19.5. The molecule has 53 heavy (non-hydrogen) atoms. The molecule has 4 aromatic heterocycles. The number of aliphatic hydroxyl groups is 1. The Morgan fingerprint density at radius 1 is 0.679 bits per heavy atom. The molecule has 2 atom stereocenters. The van der Waals surface area contributed by atoms with Gasteiger partial charge in [-0.2, -0.15) is 0 Å². The van der Waals surface area contributed by atoms with Crippen LogP contribution < -0.4 is 9.80 Å². The van der Waals surface area contributed by atoms with Gasteiger partial charge in [-0.05, 0) is 59.7 Å². The fourth-order valence-electron chi connectivity index (χ4n) is 7.08. The molecule has 2 fully saturated rings. The third kappa shape index (κ3) is 7.23. The summed E-state index contributed by atoms with van der Waals surface area (Å²) in [5.41, 5.74) is 7.57. The van der Waals surface area contributed by atoms with E-state index in [-0.39, 0.29) is 15.9 Å². The summed E-state index contributed by atoms with van der Waals surface area (Å²) in [7, 11) is 0. The monoisotopic (exact) mass is 750 g/mol. The quantitative estimate of drug-likeness (QED) is 0.125. The van der Waals surface area contributed by atoms with Crippen LogP contribution >= 0.6 is 23.2 Å². The maximum atomic E-state index is 12.5. The Morgan fingerprint density at radius 2 is 1.15 bits per heavy atom. The molecule has 2 saturated heterocycles. The molecule has 2 unspecified atom stereocenters. The average Bonchev–Trinajstić information content (AvgIpc) is 3.20. The van der Waals surface area contributed by atoms with Crippen molar-refractivity contribution in [3.8, 4) is 22.3 Å². The average molecular weight is 752 g/mol. The van der Waals surface area contributed by atoms with Crippen molar-refractivity contribution in [1.29, 1.82) is 0 Å². The van der Waals surface area contributed by atoms with Crippen molar-refractivity contribution in [2.24, 2.45) is 0 Å². The molecule has 2 aromatic carbocycles. The number of morpholine rings is 2. The summed E-state index contributed by atoms with van der Waals surface area (Å²) in [6.07, 6.45) is 4.25. The molecule has 13 heteroatoms. The molecule has 270 valence electrons. The minimum absolute atomic E-state index is 0.0628. The largest absolute Gasteiger partial charge is 0.454 e. The third-order valence-electron chi connectivity index (χ3n) is 9.74. The van der Waals surface area contributed by atoms with Gasteiger partial charge in [0.2, 0.25) is 0 Å². The van der Waals surface area contributed by atoms with Gasteiger partial charge >= 0.3 is 5.97 Å². The molecule has 2 aliphatic rings. The smallest absolute Gasteiger partial charge is 0.303 e. The van der Waals surface area contributed by atoms with Gasteiger partial charge in [0.15, 0.2) is 6.10 Å². The predicted molar refractivity (Wildman–Crippen MR) is 205 cm³/mol. The van der Waals surface area contributed by atoms with Gasteiger partial charge in [-0.15, -0.1) is 0 Å². The topological polar surface area (TPSA) is 123 Å². The standard InChI is InChI=1S/C40H36Cl2N6O5/c1-24(49)53-38(32-21-28(23-46-40(32)42)26-3-5-34-30(19-26)36(7-9-44-34)48-12-16-52-17-13-48)37(50)31-20-27(22-45-39(31)41)25-2-4-33-29(18-25)35(6-8-43-33)47-10-14-51-15-11-47/h2-9,18-23,37-38,50H,10-17H2,1H3. The molecule has 1 N–H and O–H groups in total. The number of carbonyl (C=O) groups is 1. The van der Waals surface area contributed by atoms with Crippen LogP contribution in [0, 0.1) is 0 Å². The molecule has 8 rings (SSSR count). The van der Waals surface area contributed by atoms with Crippen molar-refractivity contribution < 1.29 is 24.1 Å². The van der Waals surface area contributed by atoms with Gasteiger partial charge in [-0.1, -0.05) is 35.3 Å². The van der Waals surface area contributed by atoms with E-state index in [0.29, 0.717) is 43.1 Å². The number of benzene rings is 2. The molecule has 0 saturated carbocycles. The van der Waals surface area contributed by atoms with Crippen LogP contribution in [-0.4, -0.2) is 83.6 Å². The van der Waals surface area contributed by atoms with Gasteiger partial charge in [-0.25, -0.2) is 9.97 Å². The number of anilines is 2. The number of pyridine rings is 4. The maximum Gasteiger partial charge on any atom is 0.303 e. The zero-order chi connectivity index (χ0) is 36.5. The number of hydrogen-bond acceptors (Lipinski definition) is 11. The van der Waals surface area contributed by atoms with E-state index in [1.165, 1.54) is 6.92 Å². The van der Waals surface area contributed by atoms with Gasteiger partial charge < -0.3 is 29.1 Å². The van der Waals surface area contributed by atoms with Gasteiger partial charge in [0, 0.05) is 102 Å². The Morgan fingerprint density at radius 3 is 1.64 bits per heavy atom. The van der Waals surface area contributed by atoms with Crippen molar-refractivity contribution in [1.82, 2.24) is 19.9 Å². The number of hydrogen-bond donors (Lipinski definition) is 1. The number of halogens is 2. The van der Waals surface area contributed by atoms with Crippen LogP contribution in [0.4, 0.5) is 11.4 Å². The van der Waals surface area contributed by atoms with Crippen LogP contribution in [0.15, 0.2) is 85.5 Å². The highest BCUT2D eigenvalue weighted by atomic mass is 35.5. The first-order valence-corrected chi connectivity index (χ1v) is 18.2.